The largest absolute Gasteiger partial charge is 0.347 e. The van der Waals surface area contributed by atoms with Gasteiger partial charge in [0.15, 0.2) is 0 Å². The van der Waals surface area contributed by atoms with Crippen LogP contribution in [0, 0.1) is 0 Å². The van der Waals surface area contributed by atoms with Crippen molar-refractivity contribution in [3.05, 3.63) is 63.9 Å². The number of carbonyl (C=O) groups excluding carboxylic acids is 1. The first-order valence-corrected chi connectivity index (χ1v) is 10.0. The number of hydrogen-bond acceptors (Lipinski definition) is 6. The van der Waals surface area contributed by atoms with E-state index in [-0.39, 0.29) is 21.5 Å². The number of carbonyl (C=O) groups is 1. The lowest BCUT2D eigenvalue weighted by Crippen LogP contribution is -2.15. The van der Waals surface area contributed by atoms with Gasteiger partial charge in [0, 0.05) is 38.1 Å². The summed E-state index contributed by atoms with van der Waals surface area (Å²) in [5.41, 5.74) is 1.67. The number of anilines is 4. The fourth-order valence-electron chi connectivity index (χ4n) is 2.63. The molecule has 0 unspecified atom stereocenters. The van der Waals surface area contributed by atoms with Crippen LogP contribution in [0.4, 0.5) is 23.3 Å². The standard InChI is InChI=1S/C21H22Cl2N6O/c1-12(2)16-11-18(28-21(26-16)29(3)4)27-17-10-13(8-9-24-17)25-20(30)19-14(22)6-5-7-15(19)23/h5-12H,1-4H3,(H2,24,25,26,27,28,30). The SMILES string of the molecule is CC(C)c1cc(Nc2cc(NC(=O)c3c(Cl)cccc3Cl)ccn2)nc(N(C)C)n1. The highest BCUT2D eigenvalue weighted by atomic mass is 35.5. The highest BCUT2D eigenvalue weighted by Crippen LogP contribution is 2.26. The van der Waals surface area contributed by atoms with Crippen molar-refractivity contribution < 1.29 is 4.79 Å². The van der Waals surface area contributed by atoms with Gasteiger partial charge in [-0.15, -0.1) is 0 Å². The highest BCUT2D eigenvalue weighted by Gasteiger charge is 2.15. The summed E-state index contributed by atoms with van der Waals surface area (Å²) in [5.74, 6) is 1.58. The lowest BCUT2D eigenvalue weighted by Gasteiger charge is -2.16. The summed E-state index contributed by atoms with van der Waals surface area (Å²) in [6, 6.07) is 10.2. The molecule has 30 heavy (non-hydrogen) atoms. The maximum atomic E-state index is 12.6. The van der Waals surface area contributed by atoms with Crippen molar-refractivity contribution in [2.75, 3.05) is 29.6 Å². The van der Waals surface area contributed by atoms with Gasteiger partial charge < -0.3 is 15.5 Å². The summed E-state index contributed by atoms with van der Waals surface area (Å²) in [4.78, 5) is 27.8. The van der Waals surface area contributed by atoms with Gasteiger partial charge in [-0.1, -0.05) is 43.1 Å². The molecule has 0 saturated heterocycles. The summed E-state index contributed by atoms with van der Waals surface area (Å²) in [6.45, 7) is 4.14. The van der Waals surface area contributed by atoms with Crippen molar-refractivity contribution in [2.24, 2.45) is 0 Å². The second-order valence-corrected chi connectivity index (χ2v) is 7.95. The van der Waals surface area contributed by atoms with Crippen molar-refractivity contribution in [1.29, 1.82) is 0 Å². The second-order valence-electron chi connectivity index (χ2n) is 7.13. The molecule has 0 radical (unpaired) electrons. The smallest absolute Gasteiger partial charge is 0.258 e. The van der Waals surface area contributed by atoms with Gasteiger partial charge in [0.2, 0.25) is 5.95 Å². The predicted octanol–water partition coefficient (Wildman–Crippen LogP) is 5.36. The first-order valence-electron chi connectivity index (χ1n) is 9.29. The number of hydrogen-bond donors (Lipinski definition) is 2. The van der Waals surface area contributed by atoms with Crippen LogP contribution in [0.2, 0.25) is 10.0 Å². The maximum Gasteiger partial charge on any atom is 0.258 e. The zero-order valence-corrected chi connectivity index (χ0v) is 18.6. The molecule has 0 bridgehead atoms. The molecule has 156 valence electrons. The number of aromatic nitrogens is 3. The molecule has 0 aliphatic heterocycles. The van der Waals surface area contributed by atoms with Gasteiger partial charge in [0.05, 0.1) is 21.3 Å². The van der Waals surface area contributed by atoms with Crippen LogP contribution in [0.1, 0.15) is 35.8 Å². The molecule has 9 heteroatoms. The van der Waals surface area contributed by atoms with E-state index >= 15 is 0 Å². The molecule has 3 rings (SSSR count). The summed E-state index contributed by atoms with van der Waals surface area (Å²) in [5, 5.41) is 6.54. The molecule has 2 N–H and O–H groups in total. The van der Waals surface area contributed by atoms with E-state index in [9.17, 15) is 4.79 Å². The monoisotopic (exact) mass is 444 g/mol. The minimum atomic E-state index is -0.401. The van der Waals surface area contributed by atoms with Crippen molar-refractivity contribution in [1.82, 2.24) is 15.0 Å². The van der Waals surface area contributed by atoms with Crippen LogP contribution in [0.25, 0.3) is 0 Å². The van der Waals surface area contributed by atoms with Gasteiger partial charge in [-0.05, 0) is 24.1 Å². The summed E-state index contributed by atoms with van der Waals surface area (Å²) in [6.07, 6.45) is 1.59. The molecule has 1 amide bonds. The highest BCUT2D eigenvalue weighted by molar-refractivity contribution is 6.40. The van der Waals surface area contributed by atoms with E-state index in [0.29, 0.717) is 23.3 Å². The van der Waals surface area contributed by atoms with E-state index in [1.807, 2.05) is 25.1 Å². The zero-order chi connectivity index (χ0) is 21.8. The quantitative estimate of drug-likeness (QED) is 0.531. The molecule has 0 aliphatic rings. The van der Waals surface area contributed by atoms with E-state index in [4.69, 9.17) is 23.2 Å². The average molecular weight is 445 g/mol. The van der Waals surface area contributed by atoms with Crippen molar-refractivity contribution in [3.63, 3.8) is 0 Å². The van der Waals surface area contributed by atoms with Crippen LogP contribution in [0.5, 0.6) is 0 Å². The Morgan fingerprint density at radius 1 is 1.03 bits per heavy atom. The Kier molecular flexibility index (Phi) is 6.74. The molecule has 0 fully saturated rings. The third-order valence-electron chi connectivity index (χ3n) is 4.19. The third-order valence-corrected chi connectivity index (χ3v) is 4.82. The van der Waals surface area contributed by atoms with Gasteiger partial charge in [-0.2, -0.15) is 4.98 Å². The first-order chi connectivity index (χ1) is 14.2. The van der Waals surface area contributed by atoms with Crippen LogP contribution < -0.4 is 15.5 Å². The summed E-state index contributed by atoms with van der Waals surface area (Å²) < 4.78 is 0. The normalized spacial score (nSPS) is 10.8. The molecule has 1 aromatic carbocycles. The van der Waals surface area contributed by atoms with Gasteiger partial charge in [-0.3, -0.25) is 4.79 Å². The van der Waals surface area contributed by atoms with Crippen LogP contribution in [0.15, 0.2) is 42.6 Å². The minimum Gasteiger partial charge on any atom is -0.347 e. The van der Waals surface area contributed by atoms with Gasteiger partial charge >= 0.3 is 0 Å². The number of nitrogens with one attached hydrogen (secondary N) is 2. The molecule has 7 nitrogen and oxygen atoms in total. The molecule has 0 saturated carbocycles. The Labute approximate surface area is 185 Å². The zero-order valence-electron chi connectivity index (χ0n) is 17.1. The van der Waals surface area contributed by atoms with Crippen LogP contribution in [-0.4, -0.2) is 35.0 Å². The second kappa shape index (κ2) is 9.28. The lowest BCUT2D eigenvalue weighted by molar-refractivity contribution is 0.102. The Morgan fingerprint density at radius 2 is 1.73 bits per heavy atom. The Morgan fingerprint density at radius 3 is 2.37 bits per heavy atom. The third kappa shape index (κ3) is 5.17. The number of amides is 1. The van der Waals surface area contributed by atoms with Crippen LogP contribution in [0.3, 0.4) is 0 Å². The molecule has 2 aromatic heterocycles. The lowest BCUT2D eigenvalue weighted by atomic mass is 10.1. The molecule has 0 spiro atoms. The van der Waals surface area contributed by atoms with E-state index in [1.54, 1.807) is 36.5 Å². The van der Waals surface area contributed by atoms with E-state index < -0.39 is 5.91 Å². The predicted molar refractivity (Wildman–Crippen MR) is 122 cm³/mol. The van der Waals surface area contributed by atoms with E-state index in [1.165, 1.54) is 0 Å². The number of pyridine rings is 1. The van der Waals surface area contributed by atoms with Crippen molar-refractivity contribution in [3.8, 4) is 0 Å². The number of halogens is 2. The molecule has 2 heterocycles. The fraction of sp³-hybridized carbons (Fsp3) is 0.238. The van der Waals surface area contributed by atoms with Gasteiger partial charge in [0.25, 0.3) is 5.91 Å². The molecular weight excluding hydrogens is 423 g/mol. The molecule has 0 atom stereocenters. The first kappa shape index (κ1) is 21.8. The van der Waals surface area contributed by atoms with E-state index in [2.05, 4.69) is 39.4 Å². The Bertz CT molecular complexity index is 1020. The van der Waals surface area contributed by atoms with Crippen molar-refractivity contribution >= 4 is 52.4 Å². The number of benzene rings is 1. The molecule has 0 aliphatic carbocycles. The topological polar surface area (TPSA) is 83.0 Å². The number of rotatable bonds is 6. The van der Waals surface area contributed by atoms with Crippen LogP contribution >= 0.6 is 23.2 Å². The summed E-state index contributed by atoms with van der Waals surface area (Å²) in [7, 11) is 3.77. The average Bonchev–Trinajstić information content (AvgIpc) is 2.67. The minimum absolute atomic E-state index is 0.222. The van der Waals surface area contributed by atoms with Gasteiger partial charge in [0.1, 0.15) is 11.6 Å². The molecular formula is C21H22Cl2N6O. The maximum absolute atomic E-state index is 12.6. The van der Waals surface area contributed by atoms with Crippen LogP contribution in [-0.2, 0) is 0 Å². The van der Waals surface area contributed by atoms with Crippen molar-refractivity contribution in [2.45, 2.75) is 19.8 Å². The molecule has 3 aromatic rings. The Balaban J connectivity index is 1.83. The fourth-order valence-corrected chi connectivity index (χ4v) is 3.20. The Hall–Kier alpha value is -2.90. The van der Waals surface area contributed by atoms with Gasteiger partial charge in [-0.25, -0.2) is 9.97 Å². The number of nitrogens with zero attached hydrogens (tertiary/aromatic N) is 4. The summed E-state index contributed by atoms with van der Waals surface area (Å²) >= 11 is 12.2. The van der Waals surface area contributed by atoms with E-state index in [0.717, 1.165) is 5.69 Å².